The Balaban J connectivity index is 2.25. The van der Waals surface area contributed by atoms with Crippen LogP contribution in [0.3, 0.4) is 0 Å². The summed E-state index contributed by atoms with van der Waals surface area (Å²) in [5, 5.41) is 9.88. The van der Waals surface area contributed by atoms with Crippen LogP contribution < -0.4 is 5.43 Å². The number of carboxylic acid groups (broad SMARTS) is 1. The minimum Gasteiger partial charge on any atom is -0.478 e. The Kier molecular flexibility index (Phi) is 2.61. The maximum atomic E-state index is 11.3. The fourth-order valence-corrected chi connectivity index (χ4v) is 1.38. The molecule has 6 nitrogen and oxygen atoms in total. The standard InChI is InChI=1S/C11H8N2O4/c14-9-5-6-13(10(9)15)12-8-4-2-1-3-7(8)11(16)17/h1-6,12H,(H,16,17). The summed E-state index contributed by atoms with van der Waals surface area (Å²) in [5.74, 6) is -2.51. The van der Waals surface area contributed by atoms with Crippen molar-refractivity contribution >= 4 is 23.3 Å². The van der Waals surface area contributed by atoms with E-state index in [1.165, 1.54) is 18.3 Å². The molecule has 0 aliphatic carbocycles. The topological polar surface area (TPSA) is 86.7 Å². The zero-order chi connectivity index (χ0) is 12.4. The molecule has 1 aromatic carbocycles. The first kappa shape index (κ1) is 10.9. The minimum absolute atomic E-state index is 0.0213. The van der Waals surface area contributed by atoms with Gasteiger partial charge in [0.1, 0.15) is 0 Å². The smallest absolute Gasteiger partial charge is 0.337 e. The van der Waals surface area contributed by atoms with Crippen LogP contribution in [0.15, 0.2) is 36.5 Å². The van der Waals surface area contributed by atoms with Crippen LogP contribution in [0, 0.1) is 0 Å². The van der Waals surface area contributed by atoms with Crippen LogP contribution >= 0.6 is 0 Å². The molecule has 86 valence electrons. The van der Waals surface area contributed by atoms with Crippen molar-refractivity contribution in [2.45, 2.75) is 0 Å². The van der Waals surface area contributed by atoms with Crippen LogP contribution in [-0.4, -0.2) is 27.8 Å². The molecule has 1 heterocycles. The Morgan fingerprint density at radius 3 is 2.53 bits per heavy atom. The van der Waals surface area contributed by atoms with Gasteiger partial charge in [-0.3, -0.25) is 15.0 Å². The largest absolute Gasteiger partial charge is 0.478 e. The van der Waals surface area contributed by atoms with E-state index < -0.39 is 17.7 Å². The molecule has 0 aromatic heterocycles. The molecule has 17 heavy (non-hydrogen) atoms. The highest BCUT2D eigenvalue weighted by molar-refractivity contribution is 6.42. The summed E-state index contributed by atoms with van der Waals surface area (Å²) >= 11 is 0. The molecule has 0 radical (unpaired) electrons. The van der Waals surface area contributed by atoms with Crippen molar-refractivity contribution in [3.05, 3.63) is 42.1 Å². The molecule has 0 spiro atoms. The van der Waals surface area contributed by atoms with Gasteiger partial charge in [-0.2, -0.15) is 0 Å². The Labute approximate surface area is 96.1 Å². The van der Waals surface area contributed by atoms with E-state index in [1.54, 1.807) is 12.1 Å². The molecule has 1 aliphatic rings. The monoisotopic (exact) mass is 232 g/mol. The van der Waals surface area contributed by atoms with E-state index in [9.17, 15) is 14.4 Å². The number of benzene rings is 1. The lowest BCUT2D eigenvalue weighted by molar-refractivity contribution is -0.138. The fraction of sp³-hybridized carbons (Fsp3) is 0. The number of rotatable bonds is 3. The molecule has 0 saturated carbocycles. The van der Waals surface area contributed by atoms with Gasteiger partial charge >= 0.3 is 11.9 Å². The SMILES string of the molecule is O=C1C=CN(Nc2ccccc2C(=O)O)C1=O. The zero-order valence-corrected chi connectivity index (χ0v) is 8.58. The van der Waals surface area contributed by atoms with Crippen molar-refractivity contribution in [2.24, 2.45) is 0 Å². The van der Waals surface area contributed by atoms with Gasteiger partial charge in [-0.25, -0.2) is 9.80 Å². The molecule has 1 aromatic rings. The van der Waals surface area contributed by atoms with E-state index in [4.69, 9.17) is 5.11 Å². The van der Waals surface area contributed by atoms with Crippen LogP contribution in [0.5, 0.6) is 0 Å². The van der Waals surface area contributed by atoms with Crippen LogP contribution in [0.25, 0.3) is 0 Å². The van der Waals surface area contributed by atoms with Gasteiger partial charge in [0, 0.05) is 12.3 Å². The number of anilines is 1. The van der Waals surface area contributed by atoms with Gasteiger partial charge in [-0.15, -0.1) is 0 Å². The number of carbonyl (C=O) groups excluding carboxylic acids is 2. The number of ketones is 1. The quantitative estimate of drug-likeness (QED) is 0.746. The molecular formula is C11H8N2O4. The normalized spacial score (nSPS) is 14.2. The highest BCUT2D eigenvalue weighted by Gasteiger charge is 2.24. The predicted octanol–water partition coefficient (Wildman–Crippen LogP) is 0.637. The van der Waals surface area contributed by atoms with Crippen LogP contribution in [-0.2, 0) is 9.59 Å². The van der Waals surface area contributed by atoms with Crippen LogP contribution in [0.1, 0.15) is 10.4 Å². The summed E-state index contributed by atoms with van der Waals surface area (Å²) in [6.07, 6.45) is 2.36. The Bertz CT molecular complexity index is 536. The third-order valence-corrected chi connectivity index (χ3v) is 2.20. The van der Waals surface area contributed by atoms with Crippen molar-refractivity contribution in [3.63, 3.8) is 0 Å². The number of aromatic carboxylic acids is 1. The number of carboxylic acids is 1. The third kappa shape index (κ3) is 2.00. The van der Waals surface area contributed by atoms with Crippen molar-refractivity contribution in [1.29, 1.82) is 0 Å². The molecule has 0 bridgehead atoms. The number of para-hydroxylation sites is 1. The first-order valence-corrected chi connectivity index (χ1v) is 4.74. The van der Waals surface area contributed by atoms with Gasteiger partial charge in [0.2, 0.25) is 5.78 Å². The number of carbonyl (C=O) groups is 3. The maximum absolute atomic E-state index is 11.3. The number of nitrogens with zero attached hydrogens (tertiary/aromatic N) is 1. The van der Waals surface area contributed by atoms with Crippen molar-refractivity contribution < 1.29 is 19.5 Å². The average Bonchev–Trinajstić information content (AvgIpc) is 2.61. The van der Waals surface area contributed by atoms with E-state index in [0.717, 1.165) is 11.1 Å². The summed E-state index contributed by atoms with van der Waals surface area (Å²) in [7, 11) is 0. The molecule has 6 heteroatoms. The number of hydrazine groups is 1. The van der Waals surface area contributed by atoms with Crippen molar-refractivity contribution in [3.8, 4) is 0 Å². The summed E-state index contributed by atoms with van der Waals surface area (Å²) in [4.78, 5) is 33.2. The first-order valence-electron chi connectivity index (χ1n) is 4.74. The summed E-state index contributed by atoms with van der Waals surface area (Å²) < 4.78 is 0. The molecule has 0 fully saturated rings. The molecule has 2 N–H and O–H groups in total. The third-order valence-electron chi connectivity index (χ3n) is 2.20. The van der Waals surface area contributed by atoms with E-state index in [0.29, 0.717) is 0 Å². The molecule has 0 saturated heterocycles. The molecule has 0 unspecified atom stereocenters. The van der Waals surface area contributed by atoms with Gasteiger partial charge in [-0.05, 0) is 12.1 Å². The molecule has 0 atom stereocenters. The average molecular weight is 232 g/mol. The molecular weight excluding hydrogens is 224 g/mol. The Hall–Kier alpha value is -2.63. The highest BCUT2D eigenvalue weighted by atomic mass is 16.4. The maximum Gasteiger partial charge on any atom is 0.337 e. The predicted molar refractivity (Wildman–Crippen MR) is 58.0 cm³/mol. The number of hydrogen-bond donors (Lipinski definition) is 2. The second kappa shape index (κ2) is 4.09. The summed E-state index contributed by atoms with van der Waals surface area (Å²) in [5.41, 5.74) is 2.83. The number of nitrogens with one attached hydrogen (secondary N) is 1. The number of amides is 1. The van der Waals surface area contributed by atoms with Crippen molar-refractivity contribution in [2.75, 3.05) is 5.43 Å². The van der Waals surface area contributed by atoms with E-state index >= 15 is 0 Å². The van der Waals surface area contributed by atoms with Crippen LogP contribution in [0.4, 0.5) is 5.69 Å². The second-order valence-electron chi connectivity index (χ2n) is 3.32. The second-order valence-corrected chi connectivity index (χ2v) is 3.32. The lowest BCUT2D eigenvalue weighted by Gasteiger charge is -2.16. The van der Waals surface area contributed by atoms with Crippen LogP contribution in [0.2, 0.25) is 0 Å². The molecule has 2 rings (SSSR count). The van der Waals surface area contributed by atoms with Gasteiger partial charge in [0.05, 0.1) is 11.3 Å². The van der Waals surface area contributed by atoms with Gasteiger partial charge in [0.25, 0.3) is 0 Å². The molecule has 1 amide bonds. The Morgan fingerprint density at radius 2 is 1.94 bits per heavy atom. The fourth-order valence-electron chi connectivity index (χ4n) is 1.38. The Morgan fingerprint density at radius 1 is 1.24 bits per heavy atom. The lowest BCUT2D eigenvalue weighted by Crippen LogP contribution is -2.31. The van der Waals surface area contributed by atoms with Gasteiger partial charge in [-0.1, -0.05) is 12.1 Å². The first-order chi connectivity index (χ1) is 8.09. The lowest BCUT2D eigenvalue weighted by atomic mass is 10.2. The number of hydrogen-bond acceptors (Lipinski definition) is 4. The van der Waals surface area contributed by atoms with E-state index in [-0.39, 0.29) is 11.3 Å². The van der Waals surface area contributed by atoms with Gasteiger partial charge < -0.3 is 5.11 Å². The minimum atomic E-state index is -1.12. The van der Waals surface area contributed by atoms with Gasteiger partial charge in [0.15, 0.2) is 0 Å². The molecule has 1 aliphatic heterocycles. The van der Waals surface area contributed by atoms with Crippen molar-refractivity contribution in [1.82, 2.24) is 5.01 Å². The van der Waals surface area contributed by atoms with E-state index in [2.05, 4.69) is 5.43 Å². The van der Waals surface area contributed by atoms with E-state index in [1.807, 2.05) is 0 Å². The highest BCUT2D eigenvalue weighted by Crippen LogP contribution is 2.17. The summed E-state index contributed by atoms with van der Waals surface area (Å²) in [6, 6.07) is 6.10. The zero-order valence-electron chi connectivity index (χ0n) is 8.58. The summed E-state index contributed by atoms with van der Waals surface area (Å²) in [6.45, 7) is 0.